The van der Waals surface area contributed by atoms with Crippen LogP contribution in [0.3, 0.4) is 0 Å². The molecule has 2 nitrogen and oxygen atoms in total. The van der Waals surface area contributed by atoms with Crippen molar-refractivity contribution in [2.24, 2.45) is 0 Å². The van der Waals surface area contributed by atoms with E-state index in [1.54, 1.807) is 6.07 Å². The van der Waals surface area contributed by atoms with E-state index in [4.69, 9.17) is 0 Å². The molecular formula is C15H20BrFN2. The van der Waals surface area contributed by atoms with Gasteiger partial charge in [0, 0.05) is 31.4 Å². The lowest BCUT2D eigenvalue weighted by molar-refractivity contribution is 0.162. The van der Waals surface area contributed by atoms with Gasteiger partial charge in [0.05, 0.1) is 4.47 Å². The minimum absolute atomic E-state index is 0.165. The smallest absolute Gasteiger partial charge is 0.139 e. The quantitative estimate of drug-likeness (QED) is 0.777. The molecule has 0 radical (unpaired) electrons. The molecule has 0 bridgehead atoms. The zero-order valence-corrected chi connectivity index (χ0v) is 12.7. The zero-order chi connectivity index (χ0) is 13.2. The molecule has 2 saturated heterocycles. The van der Waals surface area contributed by atoms with E-state index < -0.39 is 0 Å². The molecule has 2 aliphatic rings. The lowest BCUT2D eigenvalue weighted by atomic mass is 10.0. The fourth-order valence-electron chi connectivity index (χ4n) is 3.29. The molecule has 1 atom stereocenters. The summed E-state index contributed by atoms with van der Waals surface area (Å²) in [6.45, 7) is 4.52. The van der Waals surface area contributed by atoms with Crippen LogP contribution in [-0.2, 0) is 0 Å². The average Bonchev–Trinajstić information content (AvgIpc) is 2.64. The normalized spacial score (nSPS) is 24.9. The lowest BCUT2D eigenvalue weighted by Crippen LogP contribution is -2.44. The van der Waals surface area contributed by atoms with E-state index >= 15 is 0 Å². The van der Waals surface area contributed by atoms with Crippen molar-refractivity contribution in [3.8, 4) is 0 Å². The molecule has 0 spiro atoms. The van der Waals surface area contributed by atoms with Crippen molar-refractivity contribution in [3.63, 3.8) is 0 Å². The predicted octanol–water partition coefficient (Wildman–Crippen LogP) is 3.65. The monoisotopic (exact) mass is 326 g/mol. The maximum absolute atomic E-state index is 13.7. The number of fused-ring (bicyclic) bond motifs is 1. The highest BCUT2D eigenvalue weighted by atomic mass is 79.9. The minimum atomic E-state index is -0.165. The lowest BCUT2D eigenvalue weighted by Gasteiger charge is -2.35. The highest BCUT2D eigenvalue weighted by Crippen LogP contribution is 2.27. The Morgan fingerprint density at radius 3 is 2.79 bits per heavy atom. The van der Waals surface area contributed by atoms with Gasteiger partial charge in [-0.1, -0.05) is 6.42 Å². The molecular weight excluding hydrogens is 307 g/mol. The largest absolute Gasteiger partial charge is 0.370 e. The second kappa shape index (κ2) is 5.80. The first-order valence-electron chi connectivity index (χ1n) is 7.18. The second-order valence-electron chi connectivity index (χ2n) is 5.58. The van der Waals surface area contributed by atoms with Gasteiger partial charge >= 0.3 is 0 Å². The van der Waals surface area contributed by atoms with Gasteiger partial charge < -0.3 is 4.90 Å². The van der Waals surface area contributed by atoms with Gasteiger partial charge in [-0.2, -0.15) is 0 Å². The van der Waals surface area contributed by atoms with E-state index in [2.05, 4.69) is 25.7 Å². The van der Waals surface area contributed by atoms with Crippen molar-refractivity contribution in [1.29, 1.82) is 0 Å². The summed E-state index contributed by atoms with van der Waals surface area (Å²) in [7, 11) is 0. The molecule has 2 aliphatic heterocycles. The molecule has 0 amide bonds. The molecule has 104 valence electrons. The van der Waals surface area contributed by atoms with E-state index in [1.807, 2.05) is 12.1 Å². The summed E-state index contributed by atoms with van der Waals surface area (Å²) in [6, 6.07) is 6.14. The highest BCUT2D eigenvalue weighted by molar-refractivity contribution is 9.10. The number of nitrogens with zero attached hydrogens (tertiary/aromatic N) is 2. The molecule has 1 aromatic rings. The standard InChI is InChI=1S/C15H20BrFN2/c16-14-6-5-12(10-15(14)17)19-9-3-8-18-7-2-1-4-13(18)11-19/h5-6,10,13H,1-4,7-9,11H2. The maximum Gasteiger partial charge on any atom is 0.139 e. The summed E-state index contributed by atoms with van der Waals surface area (Å²) in [4.78, 5) is 4.98. The number of hydrogen-bond acceptors (Lipinski definition) is 2. The van der Waals surface area contributed by atoms with Crippen LogP contribution in [0.25, 0.3) is 0 Å². The van der Waals surface area contributed by atoms with Gasteiger partial charge in [0.15, 0.2) is 0 Å². The number of hydrogen-bond donors (Lipinski definition) is 0. The van der Waals surface area contributed by atoms with Crippen LogP contribution in [0.5, 0.6) is 0 Å². The van der Waals surface area contributed by atoms with Crippen LogP contribution in [0.4, 0.5) is 10.1 Å². The molecule has 19 heavy (non-hydrogen) atoms. The number of piperidine rings is 1. The SMILES string of the molecule is Fc1cc(N2CCCN3CCCCC3C2)ccc1Br. The minimum Gasteiger partial charge on any atom is -0.370 e. The van der Waals surface area contributed by atoms with Crippen LogP contribution in [-0.4, -0.2) is 37.1 Å². The Morgan fingerprint density at radius 1 is 1.11 bits per heavy atom. The maximum atomic E-state index is 13.7. The van der Waals surface area contributed by atoms with E-state index in [9.17, 15) is 4.39 Å². The summed E-state index contributed by atoms with van der Waals surface area (Å²) in [5, 5.41) is 0. The molecule has 1 aromatic carbocycles. The van der Waals surface area contributed by atoms with Crippen molar-refractivity contribution in [2.75, 3.05) is 31.1 Å². The number of anilines is 1. The van der Waals surface area contributed by atoms with Gasteiger partial charge in [-0.05, 0) is 59.9 Å². The van der Waals surface area contributed by atoms with Crippen LogP contribution in [0.15, 0.2) is 22.7 Å². The Labute approximate surface area is 122 Å². The molecule has 0 aromatic heterocycles. The summed E-state index contributed by atoms with van der Waals surface area (Å²) < 4.78 is 14.2. The Balaban J connectivity index is 1.78. The first-order chi connectivity index (χ1) is 9.24. The van der Waals surface area contributed by atoms with Gasteiger partial charge in [0.1, 0.15) is 5.82 Å². The van der Waals surface area contributed by atoms with E-state index in [1.165, 1.54) is 38.8 Å². The second-order valence-corrected chi connectivity index (χ2v) is 6.44. The molecule has 3 rings (SSSR count). The van der Waals surface area contributed by atoms with Crippen molar-refractivity contribution in [2.45, 2.75) is 31.7 Å². The Morgan fingerprint density at radius 2 is 1.95 bits per heavy atom. The van der Waals surface area contributed by atoms with Crippen molar-refractivity contribution < 1.29 is 4.39 Å². The van der Waals surface area contributed by atoms with Crippen LogP contribution in [0, 0.1) is 5.82 Å². The first-order valence-corrected chi connectivity index (χ1v) is 7.97. The molecule has 2 fully saturated rings. The Kier molecular flexibility index (Phi) is 4.08. The summed E-state index contributed by atoms with van der Waals surface area (Å²) >= 11 is 3.22. The third-order valence-corrected chi connectivity index (χ3v) is 4.97. The zero-order valence-electron chi connectivity index (χ0n) is 11.1. The topological polar surface area (TPSA) is 6.48 Å². The number of halogens is 2. The number of rotatable bonds is 1. The Hall–Kier alpha value is -0.610. The summed E-state index contributed by atoms with van der Waals surface area (Å²) in [6.07, 6.45) is 5.14. The molecule has 0 N–H and O–H groups in total. The predicted molar refractivity (Wildman–Crippen MR) is 80.1 cm³/mol. The molecule has 4 heteroatoms. The fraction of sp³-hybridized carbons (Fsp3) is 0.600. The van der Waals surface area contributed by atoms with Gasteiger partial charge in [-0.3, -0.25) is 4.90 Å². The van der Waals surface area contributed by atoms with Crippen LogP contribution >= 0.6 is 15.9 Å². The van der Waals surface area contributed by atoms with Crippen LogP contribution in [0.2, 0.25) is 0 Å². The summed E-state index contributed by atoms with van der Waals surface area (Å²) in [5.74, 6) is -0.165. The van der Waals surface area contributed by atoms with Gasteiger partial charge in [0.2, 0.25) is 0 Å². The molecule has 2 heterocycles. The van der Waals surface area contributed by atoms with Crippen molar-refractivity contribution in [1.82, 2.24) is 4.90 Å². The van der Waals surface area contributed by atoms with E-state index in [-0.39, 0.29) is 5.82 Å². The molecule has 0 saturated carbocycles. The van der Waals surface area contributed by atoms with Gasteiger partial charge in [-0.15, -0.1) is 0 Å². The van der Waals surface area contributed by atoms with Crippen LogP contribution < -0.4 is 4.90 Å². The van der Waals surface area contributed by atoms with Crippen LogP contribution in [0.1, 0.15) is 25.7 Å². The molecule has 0 aliphatic carbocycles. The van der Waals surface area contributed by atoms with Gasteiger partial charge in [0.25, 0.3) is 0 Å². The van der Waals surface area contributed by atoms with Gasteiger partial charge in [-0.25, -0.2) is 4.39 Å². The first kappa shape index (κ1) is 13.4. The average molecular weight is 327 g/mol. The highest BCUT2D eigenvalue weighted by Gasteiger charge is 2.27. The fourth-order valence-corrected chi connectivity index (χ4v) is 3.53. The van der Waals surface area contributed by atoms with E-state index in [0.29, 0.717) is 10.5 Å². The number of benzene rings is 1. The van der Waals surface area contributed by atoms with Crippen molar-refractivity contribution in [3.05, 3.63) is 28.5 Å². The van der Waals surface area contributed by atoms with E-state index in [0.717, 1.165) is 18.8 Å². The third-order valence-electron chi connectivity index (χ3n) is 4.32. The third kappa shape index (κ3) is 2.95. The molecule has 1 unspecified atom stereocenters. The van der Waals surface area contributed by atoms with Crippen molar-refractivity contribution >= 4 is 21.6 Å². The Bertz CT molecular complexity index is 452. The summed E-state index contributed by atoms with van der Waals surface area (Å²) in [5.41, 5.74) is 1.02.